The Balaban J connectivity index is 2.63. The number of pyridine rings is 1. The van der Waals surface area contributed by atoms with Gasteiger partial charge in [-0.15, -0.1) is 0 Å². The highest BCUT2D eigenvalue weighted by molar-refractivity contribution is 5.83. The number of fused-ring (bicyclic) bond motifs is 1. The fourth-order valence-electron chi connectivity index (χ4n) is 1.37. The van der Waals surface area contributed by atoms with E-state index in [9.17, 15) is 0 Å². The lowest BCUT2D eigenvalue weighted by molar-refractivity contribution is 1.08. The Hall–Kier alpha value is -1.77. The number of aromatic nitrogens is 1. The van der Waals surface area contributed by atoms with Crippen molar-refractivity contribution in [1.29, 1.82) is 0 Å². The zero-order chi connectivity index (χ0) is 10.1. The molecule has 0 spiro atoms. The third kappa shape index (κ3) is 1.48. The summed E-state index contributed by atoms with van der Waals surface area (Å²) in [6.07, 6.45) is 0. The van der Waals surface area contributed by atoms with E-state index in [0.717, 1.165) is 22.4 Å². The number of benzene rings is 1. The Morgan fingerprint density at radius 2 is 1.86 bits per heavy atom. The summed E-state index contributed by atoms with van der Waals surface area (Å²) in [7, 11) is 3.95. The lowest BCUT2D eigenvalue weighted by Crippen LogP contribution is -2.10. The largest absolute Gasteiger partial charge is 0.399 e. The van der Waals surface area contributed by atoms with Crippen molar-refractivity contribution in [2.24, 2.45) is 0 Å². The fourth-order valence-corrected chi connectivity index (χ4v) is 1.37. The van der Waals surface area contributed by atoms with E-state index in [0.29, 0.717) is 0 Å². The second-order valence-corrected chi connectivity index (χ2v) is 3.52. The van der Waals surface area contributed by atoms with Crippen LogP contribution >= 0.6 is 0 Å². The minimum Gasteiger partial charge on any atom is -0.399 e. The molecule has 0 unspecified atom stereocenters. The zero-order valence-electron chi connectivity index (χ0n) is 8.36. The summed E-state index contributed by atoms with van der Waals surface area (Å²) in [6, 6.07) is 9.81. The van der Waals surface area contributed by atoms with Gasteiger partial charge < -0.3 is 10.6 Å². The van der Waals surface area contributed by atoms with Gasteiger partial charge in [-0.2, -0.15) is 0 Å². The van der Waals surface area contributed by atoms with Gasteiger partial charge in [-0.05, 0) is 24.3 Å². The molecule has 3 heteroatoms. The van der Waals surface area contributed by atoms with Gasteiger partial charge in [0.2, 0.25) is 0 Å². The predicted molar refractivity (Wildman–Crippen MR) is 60.5 cm³/mol. The molecule has 0 amide bonds. The molecule has 0 bridgehead atoms. The molecule has 72 valence electrons. The maximum atomic E-state index is 5.70. The molecule has 14 heavy (non-hydrogen) atoms. The molecule has 3 nitrogen and oxygen atoms in total. The Labute approximate surface area is 83.2 Å². The van der Waals surface area contributed by atoms with E-state index in [4.69, 9.17) is 5.73 Å². The molecule has 0 aliphatic carbocycles. The molecule has 1 aromatic heterocycles. The standard InChI is InChI=1S/C11H13N3/c1-14(2)11-6-4-8-3-5-9(12)7-10(8)13-11/h3-7H,12H2,1-2H3. The van der Waals surface area contributed by atoms with Crippen molar-refractivity contribution in [3.8, 4) is 0 Å². The zero-order valence-corrected chi connectivity index (χ0v) is 8.36. The van der Waals surface area contributed by atoms with Crippen LogP contribution in [0.5, 0.6) is 0 Å². The summed E-state index contributed by atoms with van der Waals surface area (Å²) in [5.41, 5.74) is 7.39. The summed E-state index contributed by atoms with van der Waals surface area (Å²) >= 11 is 0. The molecule has 2 N–H and O–H groups in total. The molecule has 2 rings (SSSR count). The van der Waals surface area contributed by atoms with E-state index in [1.807, 2.05) is 43.3 Å². The monoisotopic (exact) mass is 187 g/mol. The summed E-state index contributed by atoms with van der Waals surface area (Å²) in [4.78, 5) is 6.46. The van der Waals surface area contributed by atoms with Gasteiger partial charge >= 0.3 is 0 Å². The molecule has 2 aromatic rings. The smallest absolute Gasteiger partial charge is 0.128 e. The molecule has 0 aliphatic rings. The quantitative estimate of drug-likeness (QED) is 0.693. The first-order valence-electron chi connectivity index (χ1n) is 4.50. The van der Waals surface area contributed by atoms with Gasteiger partial charge in [0.15, 0.2) is 0 Å². The fraction of sp³-hybridized carbons (Fsp3) is 0.182. The molecule has 0 saturated heterocycles. The van der Waals surface area contributed by atoms with E-state index >= 15 is 0 Å². The third-order valence-electron chi connectivity index (χ3n) is 2.16. The minimum absolute atomic E-state index is 0.751. The molecular formula is C11H13N3. The molecule has 0 aliphatic heterocycles. The summed E-state index contributed by atoms with van der Waals surface area (Å²) < 4.78 is 0. The van der Waals surface area contributed by atoms with Crippen LogP contribution in [0.3, 0.4) is 0 Å². The third-order valence-corrected chi connectivity index (χ3v) is 2.16. The Morgan fingerprint density at radius 1 is 1.14 bits per heavy atom. The van der Waals surface area contributed by atoms with Crippen molar-refractivity contribution < 1.29 is 0 Å². The maximum absolute atomic E-state index is 5.70. The number of hydrogen-bond donors (Lipinski definition) is 1. The van der Waals surface area contributed by atoms with E-state index in [-0.39, 0.29) is 0 Å². The highest BCUT2D eigenvalue weighted by Crippen LogP contribution is 2.18. The highest BCUT2D eigenvalue weighted by atomic mass is 15.1. The molecular weight excluding hydrogens is 174 g/mol. The van der Waals surface area contributed by atoms with Crippen LogP contribution in [0.4, 0.5) is 11.5 Å². The average Bonchev–Trinajstić information content (AvgIpc) is 2.16. The van der Waals surface area contributed by atoms with Gasteiger partial charge in [-0.25, -0.2) is 4.98 Å². The van der Waals surface area contributed by atoms with Gasteiger partial charge in [-0.1, -0.05) is 6.07 Å². The number of nitrogens with zero attached hydrogens (tertiary/aromatic N) is 2. The molecule has 0 fully saturated rings. The molecule has 0 radical (unpaired) electrons. The van der Waals surface area contributed by atoms with Crippen LogP contribution in [0.15, 0.2) is 30.3 Å². The predicted octanol–water partition coefficient (Wildman–Crippen LogP) is 1.88. The highest BCUT2D eigenvalue weighted by Gasteiger charge is 1.99. The molecule has 0 atom stereocenters. The molecule has 0 saturated carbocycles. The minimum atomic E-state index is 0.751. The molecule has 1 heterocycles. The van der Waals surface area contributed by atoms with Crippen molar-refractivity contribution in [2.75, 3.05) is 24.7 Å². The van der Waals surface area contributed by atoms with Gasteiger partial charge in [0.1, 0.15) is 5.82 Å². The summed E-state index contributed by atoms with van der Waals surface area (Å²) in [5, 5.41) is 1.12. The van der Waals surface area contributed by atoms with Crippen LogP contribution in [-0.4, -0.2) is 19.1 Å². The Kier molecular flexibility index (Phi) is 2.00. The first kappa shape index (κ1) is 8.81. The second-order valence-electron chi connectivity index (χ2n) is 3.52. The van der Waals surface area contributed by atoms with Gasteiger partial charge in [0.05, 0.1) is 5.52 Å². The Bertz CT molecular complexity index is 463. The van der Waals surface area contributed by atoms with E-state index in [1.54, 1.807) is 0 Å². The van der Waals surface area contributed by atoms with Crippen molar-refractivity contribution in [2.45, 2.75) is 0 Å². The van der Waals surface area contributed by atoms with Crippen LogP contribution in [0.25, 0.3) is 10.9 Å². The van der Waals surface area contributed by atoms with E-state index < -0.39 is 0 Å². The van der Waals surface area contributed by atoms with Crippen molar-refractivity contribution in [1.82, 2.24) is 4.98 Å². The maximum Gasteiger partial charge on any atom is 0.128 e. The number of nitrogen functional groups attached to an aromatic ring is 1. The Morgan fingerprint density at radius 3 is 2.57 bits per heavy atom. The number of anilines is 2. The first-order chi connectivity index (χ1) is 6.66. The number of nitrogens with two attached hydrogens (primary N) is 1. The number of rotatable bonds is 1. The summed E-state index contributed by atoms with van der Waals surface area (Å²) in [6.45, 7) is 0. The van der Waals surface area contributed by atoms with E-state index in [1.165, 1.54) is 0 Å². The van der Waals surface area contributed by atoms with Crippen LogP contribution in [0.1, 0.15) is 0 Å². The second kappa shape index (κ2) is 3.18. The summed E-state index contributed by atoms with van der Waals surface area (Å²) in [5.74, 6) is 0.947. The van der Waals surface area contributed by atoms with Crippen LogP contribution in [0, 0.1) is 0 Å². The lowest BCUT2D eigenvalue weighted by Gasteiger charge is -2.11. The normalized spacial score (nSPS) is 10.4. The van der Waals surface area contributed by atoms with Crippen molar-refractivity contribution in [3.63, 3.8) is 0 Å². The SMILES string of the molecule is CN(C)c1ccc2ccc(N)cc2n1. The van der Waals surface area contributed by atoms with Crippen molar-refractivity contribution in [3.05, 3.63) is 30.3 Å². The lowest BCUT2D eigenvalue weighted by atomic mass is 10.2. The number of hydrogen-bond acceptors (Lipinski definition) is 3. The van der Waals surface area contributed by atoms with Crippen LogP contribution in [0.2, 0.25) is 0 Å². The van der Waals surface area contributed by atoms with Crippen LogP contribution < -0.4 is 10.6 Å². The first-order valence-corrected chi connectivity index (χ1v) is 4.50. The van der Waals surface area contributed by atoms with Gasteiger partial charge in [-0.3, -0.25) is 0 Å². The van der Waals surface area contributed by atoms with E-state index in [2.05, 4.69) is 11.1 Å². The van der Waals surface area contributed by atoms with Gasteiger partial charge in [0, 0.05) is 25.2 Å². The van der Waals surface area contributed by atoms with Gasteiger partial charge in [0.25, 0.3) is 0 Å². The average molecular weight is 187 g/mol. The topological polar surface area (TPSA) is 42.1 Å². The van der Waals surface area contributed by atoms with Crippen molar-refractivity contribution >= 4 is 22.4 Å². The van der Waals surface area contributed by atoms with Crippen LogP contribution in [-0.2, 0) is 0 Å². The molecule has 1 aromatic carbocycles.